The van der Waals surface area contributed by atoms with E-state index in [4.69, 9.17) is 0 Å². The molecule has 0 saturated carbocycles. The summed E-state index contributed by atoms with van der Waals surface area (Å²) in [6.45, 7) is -6.67. The largest absolute Gasteiger partial charge is 1.00 e. The first kappa shape index (κ1) is 15.4. The molecule has 0 heterocycles. The van der Waals surface area contributed by atoms with Crippen molar-refractivity contribution in [3.05, 3.63) is 29.8 Å². The Kier molecular flexibility index (Phi) is 6.34. The Morgan fingerprint density at radius 2 is 1.73 bits per heavy atom. The van der Waals surface area contributed by atoms with E-state index in [0.717, 1.165) is 12.1 Å². The molecule has 0 saturated heterocycles. The van der Waals surface area contributed by atoms with E-state index in [1.165, 1.54) is 0 Å². The molecular formula is C7H5BF5KO. The van der Waals surface area contributed by atoms with Crippen molar-refractivity contribution >= 4 is 6.98 Å². The van der Waals surface area contributed by atoms with Crippen molar-refractivity contribution in [2.75, 3.05) is 6.51 Å². The number of hydrogen-bond acceptors (Lipinski definition) is 1. The van der Waals surface area contributed by atoms with Crippen LogP contribution in [-0.4, -0.2) is 13.5 Å². The predicted molar refractivity (Wildman–Crippen MR) is 40.9 cm³/mol. The van der Waals surface area contributed by atoms with E-state index >= 15 is 0 Å². The third kappa shape index (κ3) is 5.86. The van der Waals surface area contributed by atoms with Crippen LogP contribution in [0.5, 0.6) is 5.75 Å². The standard InChI is InChI=1S/C7H5BF5O.K/c9-5-1-2-7(6(10)3-5)14-4-8(11,12)13;/h1-3H,4H2;/q-1;+1. The summed E-state index contributed by atoms with van der Waals surface area (Å²) in [5.74, 6) is -2.62. The van der Waals surface area contributed by atoms with E-state index < -0.39 is 30.9 Å². The Morgan fingerprint density at radius 3 is 2.20 bits per heavy atom. The zero-order chi connectivity index (χ0) is 10.8. The van der Waals surface area contributed by atoms with Crippen molar-refractivity contribution in [1.29, 1.82) is 0 Å². The first-order chi connectivity index (χ1) is 6.38. The van der Waals surface area contributed by atoms with E-state index in [9.17, 15) is 21.7 Å². The molecule has 1 rings (SSSR count). The summed E-state index contributed by atoms with van der Waals surface area (Å²) < 4.78 is 64.2. The molecule has 1 aromatic carbocycles. The van der Waals surface area contributed by atoms with Gasteiger partial charge in [0.05, 0.1) is 6.51 Å². The van der Waals surface area contributed by atoms with E-state index in [-0.39, 0.29) is 51.4 Å². The van der Waals surface area contributed by atoms with E-state index in [0.29, 0.717) is 6.07 Å². The summed E-state index contributed by atoms with van der Waals surface area (Å²) in [7, 11) is 0. The molecule has 0 fully saturated rings. The van der Waals surface area contributed by atoms with Gasteiger partial charge in [0.1, 0.15) is 5.82 Å². The third-order valence-corrected chi connectivity index (χ3v) is 1.32. The van der Waals surface area contributed by atoms with Crippen LogP contribution in [0.25, 0.3) is 0 Å². The van der Waals surface area contributed by atoms with Crippen LogP contribution in [0.1, 0.15) is 0 Å². The Labute approximate surface area is 125 Å². The Bertz CT molecular complexity index is 330. The zero-order valence-corrected chi connectivity index (χ0v) is 10.9. The van der Waals surface area contributed by atoms with Crippen molar-refractivity contribution in [3.63, 3.8) is 0 Å². The van der Waals surface area contributed by atoms with Crippen LogP contribution < -0.4 is 56.1 Å². The maximum Gasteiger partial charge on any atom is 1.00 e. The molecule has 78 valence electrons. The van der Waals surface area contributed by atoms with Gasteiger partial charge in [-0.15, -0.1) is 0 Å². The number of halogens is 5. The fraction of sp³-hybridized carbons (Fsp3) is 0.143. The van der Waals surface area contributed by atoms with Crippen molar-refractivity contribution in [2.24, 2.45) is 0 Å². The second kappa shape index (κ2) is 6.19. The molecule has 1 nitrogen and oxygen atoms in total. The SMILES string of the molecule is Fc1ccc(OC[B-](F)(F)F)c(F)c1.[K+]. The molecule has 0 N–H and O–H groups in total. The van der Waals surface area contributed by atoms with Gasteiger partial charge in [-0.2, -0.15) is 0 Å². The second-order valence-electron chi connectivity index (χ2n) is 2.60. The second-order valence-corrected chi connectivity index (χ2v) is 2.60. The van der Waals surface area contributed by atoms with Crippen LogP contribution in [0.3, 0.4) is 0 Å². The average Bonchev–Trinajstić information content (AvgIpc) is 2.00. The molecule has 0 atom stereocenters. The van der Waals surface area contributed by atoms with Gasteiger partial charge in [0.15, 0.2) is 11.6 Å². The summed E-state index contributed by atoms with van der Waals surface area (Å²) in [6.07, 6.45) is 0. The van der Waals surface area contributed by atoms with Gasteiger partial charge >= 0.3 is 58.4 Å². The van der Waals surface area contributed by atoms with Crippen LogP contribution >= 0.6 is 0 Å². The van der Waals surface area contributed by atoms with Crippen LogP contribution in [0.4, 0.5) is 21.7 Å². The summed E-state index contributed by atoms with van der Waals surface area (Å²) >= 11 is 0. The van der Waals surface area contributed by atoms with Gasteiger partial charge in [-0.25, -0.2) is 8.78 Å². The van der Waals surface area contributed by atoms with E-state index in [2.05, 4.69) is 4.74 Å². The Morgan fingerprint density at radius 1 is 1.13 bits per heavy atom. The molecule has 0 radical (unpaired) electrons. The summed E-state index contributed by atoms with van der Waals surface area (Å²) in [5.41, 5.74) is 0. The van der Waals surface area contributed by atoms with Gasteiger partial charge in [-0.3, -0.25) is 0 Å². The summed E-state index contributed by atoms with van der Waals surface area (Å²) in [4.78, 5) is 0. The summed E-state index contributed by atoms with van der Waals surface area (Å²) in [5, 5.41) is 0. The fourth-order valence-corrected chi connectivity index (χ4v) is 0.777. The zero-order valence-electron chi connectivity index (χ0n) is 7.81. The average molecular weight is 250 g/mol. The minimum absolute atomic E-state index is 0. The fourth-order valence-electron chi connectivity index (χ4n) is 0.777. The smallest absolute Gasteiger partial charge is 0.519 e. The Balaban J connectivity index is 0.00000196. The predicted octanol–water partition coefficient (Wildman–Crippen LogP) is -0.266. The van der Waals surface area contributed by atoms with Gasteiger partial charge in [-0.05, 0) is 12.1 Å². The molecule has 0 spiro atoms. The van der Waals surface area contributed by atoms with Gasteiger partial charge in [0, 0.05) is 6.07 Å². The molecule has 0 aliphatic heterocycles. The van der Waals surface area contributed by atoms with E-state index in [1.54, 1.807) is 0 Å². The van der Waals surface area contributed by atoms with Crippen LogP contribution in [0.15, 0.2) is 18.2 Å². The number of rotatable bonds is 3. The third-order valence-electron chi connectivity index (χ3n) is 1.32. The minimum atomic E-state index is -5.13. The maximum atomic E-state index is 12.7. The van der Waals surface area contributed by atoms with Gasteiger partial charge < -0.3 is 17.7 Å². The first-order valence-electron chi connectivity index (χ1n) is 3.67. The number of benzene rings is 1. The molecule has 8 heteroatoms. The Hall–Kier alpha value is 0.371. The number of hydrogen-bond donors (Lipinski definition) is 0. The molecule has 0 bridgehead atoms. The normalized spacial score (nSPS) is 10.7. The molecular weight excluding hydrogens is 245 g/mol. The van der Waals surface area contributed by atoms with Gasteiger partial charge in [-0.1, -0.05) is 0 Å². The molecule has 0 aromatic heterocycles. The van der Waals surface area contributed by atoms with Gasteiger partial charge in [0.25, 0.3) is 0 Å². The maximum absolute atomic E-state index is 12.7. The molecule has 0 aliphatic carbocycles. The molecule has 0 unspecified atom stereocenters. The topological polar surface area (TPSA) is 9.23 Å². The molecule has 0 aliphatic rings. The van der Waals surface area contributed by atoms with Crippen LogP contribution in [0.2, 0.25) is 0 Å². The molecule has 1 aromatic rings. The summed E-state index contributed by atoms with van der Waals surface area (Å²) in [6, 6.07) is 2.09. The van der Waals surface area contributed by atoms with E-state index in [1.807, 2.05) is 0 Å². The quantitative estimate of drug-likeness (QED) is 0.530. The van der Waals surface area contributed by atoms with Crippen LogP contribution in [0, 0.1) is 11.6 Å². The number of ether oxygens (including phenoxy) is 1. The minimum Gasteiger partial charge on any atom is -0.519 e. The van der Waals surface area contributed by atoms with Crippen molar-refractivity contribution in [3.8, 4) is 5.75 Å². The van der Waals surface area contributed by atoms with Crippen molar-refractivity contribution in [2.45, 2.75) is 0 Å². The van der Waals surface area contributed by atoms with Crippen molar-refractivity contribution < 1.29 is 77.8 Å². The molecule has 0 amide bonds. The van der Waals surface area contributed by atoms with Crippen molar-refractivity contribution in [1.82, 2.24) is 0 Å². The monoisotopic (exact) mass is 250 g/mol. The first-order valence-corrected chi connectivity index (χ1v) is 3.67. The van der Waals surface area contributed by atoms with Crippen LogP contribution in [-0.2, 0) is 0 Å². The molecule has 15 heavy (non-hydrogen) atoms. The van der Waals surface area contributed by atoms with Gasteiger partial charge in [0.2, 0.25) is 0 Å².